The lowest BCUT2D eigenvalue weighted by Crippen LogP contribution is -2.45. The largest absolute Gasteiger partial charge is 0.493 e. The zero-order valence-corrected chi connectivity index (χ0v) is 29.4. The van der Waals surface area contributed by atoms with Gasteiger partial charge in [-0.2, -0.15) is 5.10 Å². The highest BCUT2D eigenvalue weighted by Gasteiger charge is 2.32. The molecular weight excluding hydrogens is 682 g/mol. The summed E-state index contributed by atoms with van der Waals surface area (Å²) >= 11 is 6.25. The van der Waals surface area contributed by atoms with E-state index in [2.05, 4.69) is 25.7 Å². The van der Waals surface area contributed by atoms with E-state index in [1.54, 1.807) is 38.3 Å². The van der Waals surface area contributed by atoms with Gasteiger partial charge in [-0.15, -0.1) is 0 Å². The third-order valence-corrected chi connectivity index (χ3v) is 8.52. The number of nitrogens with zero attached hydrogens (tertiary/aromatic N) is 2. The highest BCUT2D eigenvalue weighted by atomic mass is 35.5. The summed E-state index contributed by atoms with van der Waals surface area (Å²) in [4.78, 5) is 38.0. The van der Waals surface area contributed by atoms with Crippen LogP contribution in [0.4, 0.5) is 4.79 Å². The monoisotopic (exact) mass is 717 g/mol. The second-order valence-corrected chi connectivity index (χ2v) is 12.1. The van der Waals surface area contributed by atoms with Gasteiger partial charge in [0.15, 0.2) is 18.1 Å². The number of hydrogen-bond donors (Lipinski definition) is 3. The van der Waals surface area contributed by atoms with Crippen molar-refractivity contribution in [2.75, 3.05) is 20.3 Å². The van der Waals surface area contributed by atoms with Crippen molar-refractivity contribution in [2.24, 2.45) is 5.10 Å². The van der Waals surface area contributed by atoms with E-state index in [-0.39, 0.29) is 24.5 Å². The van der Waals surface area contributed by atoms with Crippen molar-refractivity contribution in [2.45, 2.75) is 19.9 Å². The molecule has 1 aromatic heterocycles. The Bertz CT molecular complexity index is 2150. The lowest BCUT2D eigenvalue weighted by atomic mass is 9.95. The maximum absolute atomic E-state index is 13.0. The highest BCUT2D eigenvalue weighted by Crippen LogP contribution is 2.37. The topological polar surface area (TPSA) is 132 Å². The molecule has 3 amide bonds. The second kappa shape index (κ2) is 16.1. The number of rotatable bonds is 12. The Kier molecular flexibility index (Phi) is 11.0. The molecule has 1 aliphatic heterocycles. The molecule has 0 saturated heterocycles. The summed E-state index contributed by atoms with van der Waals surface area (Å²) in [5.74, 6) is -0.476. The fraction of sp³-hybridized carbons (Fsp3) is 0.150. The smallest absolute Gasteiger partial charge is 0.338 e. The number of methoxy groups -OCH3 is 1. The van der Waals surface area contributed by atoms with E-state index >= 15 is 0 Å². The first-order valence-electron chi connectivity index (χ1n) is 16.5. The molecule has 0 fully saturated rings. The van der Waals surface area contributed by atoms with Crippen molar-refractivity contribution in [1.29, 1.82) is 0 Å². The van der Waals surface area contributed by atoms with E-state index in [1.807, 2.05) is 91.0 Å². The number of aromatic nitrogens is 1. The van der Waals surface area contributed by atoms with E-state index in [1.165, 1.54) is 7.11 Å². The van der Waals surface area contributed by atoms with Crippen LogP contribution in [0.5, 0.6) is 11.5 Å². The molecule has 264 valence electrons. The van der Waals surface area contributed by atoms with Crippen LogP contribution in [-0.2, 0) is 14.3 Å². The van der Waals surface area contributed by atoms with Gasteiger partial charge in [-0.1, -0.05) is 78.3 Å². The van der Waals surface area contributed by atoms with Gasteiger partial charge in [-0.25, -0.2) is 15.0 Å². The molecule has 0 radical (unpaired) electrons. The molecule has 5 aromatic rings. The normalized spacial score (nSPS) is 14.1. The molecule has 0 spiro atoms. The summed E-state index contributed by atoms with van der Waals surface area (Å²) in [6, 6.07) is 33.3. The van der Waals surface area contributed by atoms with E-state index in [0.29, 0.717) is 22.0 Å². The Balaban J connectivity index is 1.22. The number of amides is 3. The quantitative estimate of drug-likeness (QED) is 0.0711. The van der Waals surface area contributed by atoms with Gasteiger partial charge < -0.3 is 29.4 Å². The van der Waals surface area contributed by atoms with Gasteiger partial charge in [0.1, 0.15) is 0 Å². The molecule has 11 nitrogen and oxygen atoms in total. The molecule has 2 heterocycles. The van der Waals surface area contributed by atoms with Crippen LogP contribution < -0.4 is 25.5 Å². The molecule has 52 heavy (non-hydrogen) atoms. The maximum Gasteiger partial charge on any atom is 0.338 e. The first-order valence-corrected chi connectivity index (χ1v) is 16.9. The van der Waals surface area contributed by atoms with Crippen LogP contribution >= 0.6 is 11.6 Å². The zero-order chi connectivity index (χ0) is 36.6. The minimum atomic E-state index is -0.786. The van der Waals surface area contributed by atoms with Crippen molar-refractivity contribution in [3.63, 3.8) is 0 Å². The minimum absolute atomic E-state index is 0.178. The van der Waals surface area contributed by atoms with Gasteiger partial charge in [0, 0.05) is 22.0 Å². The number of hydrazone groups is 1. The Morgan fingerprint density at radius 1 is 0.923 bits per heavy atom. The number of benzene rings is 4. The predicted octanol–water partition coefficient (Wildman–Crippen LogP) is 7.19. The van der Waals surface area contributed by atoms with Crippen LogP contribution in [0.1, 0.15) is 31.0 Å². The molecule has 0 aliphatic carbocycles. The van der Waals surface area contributed by atoms with Crippen LogP contribution in [-0.4, -0.2) is 49.0 Å². The number of esters is 1. The van der Waals surface area contributed by atoms with E-state index < -0.39 is 23.9 Å². The summed E-state index contributed by atoms with van der Waals surface area (Å²) in [5.41, 5.74) is 9.21. The molecular formula is C40H36ClN5O6. The first kappa shape index (κ1) is 35.5. The fourth-order valence-corrected chi connectivity index (χ4v) is 6.08. The summed E-state index contributed by atoms with van der Waals surface area (Å²) in [5, 5.41) is 10.3. The molecule has 1 aliphatic rings. The maximum atomic E-state index is 13.0. The summed E-state index contributed by atoms with van der Waals surface area (Å²) in [7, 11) is 1.45. The molecule has 4 aromatic carbocycles. The summed E-state index contributed by atoms with van der Waals surface area (Å²) in [6.45, 7) is 3.15. The van der Waals surface area contributed by atoms with E-state index in [9.17, 15) is 14.4 Å². The number of carbonyl (C=O) groups excluding carboxylic acids is 3. The third kappa shape index (κ3) is 7.85. The first-order chi connectivity index (χ1) is 25.3. The number of hydrogen-bond acceptors (Lipinski definition) is 7. The van der Waals surface area contributed by atoms with Crippen molar-refractivity contribution < 1.29 is 28.6 Å². The van der Waals surface area contributed by atoms with Crippen molar-refractivity contribution in [3.05, 3.63) is 137 Å². The molecule has 0 bridgehead atoms. The number of nitrogens with one attached hydrogen (secondary N) is 3. The summed E-state index contributed by atoms with van der Waals surface area (Å²) < 4.78 is 18.7. The van der Waals surface area contributed by atoms with E-state index in [0.717, 1.165) is 33.8 Å². The fourth-order valence-electron chi connectivity index (χ4n) is 5.96. The average molecular weight is 718 g/mol. The van der Waals surface area contributed by atoms with Gasteiger partial charge >= 0.3 is 12.0 Å². The second-order valence-electron chi connectivity index (χ2n) is 11.7. The van der Waals surface area contributed by atoms with Gasteiger partial charge in [0.2, 0.25) is 0 Å². The lowest BCUT2D eigenvalue weighted by molar-refractivity contribution is -0.139. The van der Waals surface area contributed by atoms with Crippen LogP contribution in [0.25, 0.3) is 28.2 Å². The molecule has 6 rings (SSSR count). The molecule has 1 atom stereocenters. The zero-order valence-electron chi connectivity index (χ0n) is 28.7. The molecule has 0 unspecified atom stereocenters. The number of halogens is 1. The van der Waals surface area contributed by atoms with Gasteiger partial charge in [0.25, 0.3) is 5.91 Å². The van der Waals surface area contributed by atoms with Crippen molar-refractivity contribution in [3.8, 4) is 39.7 Å². The van der Waals surface area contributed by atoms with Crippen LogP contribution in [0.3, 0.4) is 0 Å². The van der Waals surface area contributed by atoms with E-state index in [4.69, 9.17) is 25.8 Å². The average Bonchev–Trinajstić information content (AvgIpc) is 3.54. The molecule has 0 saturated carbocycles. The Hall–Kier alpha value is -6.33. The number of urea groups is 1. The van der Waals surface area contributed by atoms with Gasteiger partial charge in [-0.3, -0.25) is 4.79 Å². The molecule has 3 N–H and O–H groups in total. The molecule has 12 heteroatoms. The Morgan fingerprint density at radius 3 is 2.29 bits per heavy atom. The number of carbonyl (C=O) groups is 3. The minimum Gasteiger partial charge on any atom is -0.493 e. The lowest BCUT2D eigenvalue weighted by Gasteiger charge is -2.28. The van der Waals surface area contributed by atoms with Crippen LogP contribution in [0, 0.1) is 0 Å². The highest BCUT2D eigenvalue weighted by molar-refractivity contribution is 6.30. The standard InChI is InChI=1S/C40H36ClN5O6/c1-4-51-39(48)36-25(2)43-40(49)44-37(36)28-15-20-33(34(22-28)50-3)52-24-35(47)45-42-23-29-21-32(26-11-7-5-8-12-26)46(31-18-16-30(41)17-19-31)38(29)27-13-9-6-10-14-27/h5-23,37H,4,24H2,1-3H3,(H,45,47)(H2,43,44,49)/b42-23+/t37-/m1/s1. The SMILES string of the molecule is CCOC(=O)C1=C(C)NC(=O)N[C@@H]1c1ccc(OCC(=O)N/N=C/c2cc(-c3ccccc3)n(-c3ccc(Cl)cc3)c2-c2ccccc2)c(OC)c1. The number of allylic oxidation sites excluding steroid dienone is 1. The Labute approximate surface area is 305 Å². The number of ether oxygens (including phenoxy) is 3. The van der Waals surface area contributed by atoms with Crippen LogP contribution in [0.15, 0.2) is 126 Å². The van der Waals surface area contributed by atoms with Gasteiger partial charge in [0.05, 0.1) is 42.9 Å². The third-order valence-electron chi connectivity index (χ3n) is 8.27. The predicted molar refractivity (Wildman–Crippen MR) is 200 cm³/mol. The van der Waals surface area contributed by atoms with Crippen LogP contribution in [0.2, 0.25) is 5.02 Å². The Morgan fingerprint density at radius 2 is 1.62 bits per heavy atom. The summed E-state index contributed by atoms with van der Waals surface area (Å²) in [6.07, 6.45) is 1.61. The van der Waals surface area contributed by atoms with Crippen molar-refractivity contribution >= 4 is 35.7 Å². The van der Waals surface area contributed by atoms with Gasteiger partial charge in [-0.05, 0) is 73.0 Å². The van der Waals surface area contributed by atoms with Crippen molar-refractivity contribution in [1.82, 2.24) is 20.6 Å².